The monoisotopic (exact) mass is 251 g/mol. The molecule has 4 heteroatoms. The molecule has 0 saturated carbocycles. The second-order valence-electron chi connectivity index (χ2n) is 3.49. The molecule has 0 spiro atoms. The van der Waals surface area contributed by atoms with Gasteiger partial charge in [0.25, 0.3) is 12.4 Å². The third kappa shape index (κ3) is 4.20. The van der Waals surface area contributed by atoms with Gasteiger partial charge in [-0.05, 0) is 18.1 Å². The van der Waals surface area contributed by atoms with Gasteiger partial charge >= 0.3 is 0 Å². The molecule has 1 heterocycles. The summed E-state index contributed by atoms with van der Waals surface area (Å²) in [6, 6.07) is 7.85. The van der Waals surface area contributed by atoms with E-state index in [0.717, 1.165) is 25.1 Å². The van der Waals surface area contributed by atoms with E-state index in [0.29, 0.717) is 0 Å². The minimum Gasteiger partial charge on any atom is -0.483 e. The first-order chi connectivity index (χ1) is 8.74. The van der Waals surface area contributed by atoms with Crippen LogP contribution in [0, 0.1) is 0 Å². The molecule has 0 saturated heterocycles. The Morgan fingerprint density at radius 2 is 1.89 bits per heavy atom. The van der Waals surface area contributed by atoms with Crippen LogP contribution < -0.4 is 0 Å². The quantitative estimate of drug-likeness (QED) is 0.822. The van der Waals surface area contributed by atoms with Gasteiger partial charge in [0.05, 0.1) is 0 Å². The van der Waals surface area contributed by atoms with Crippen molar-refractivity contribution >= 4 is 12.4 Å². The fourth-order valence-electron chi connectivity index (χ4n) is 1.77. The molecule has 1 N–H and O–H groups in total. The second kappa shape index (κ2) is 9.22. The number of carbonyl (C=O) groups excluding carboxylic acids is 1. The van der Waals surface area contributed by atoms with Crippen LogP contribution in [0.2, 0.25) is 0 Å². The number of hydrogen-bond acceptors (Lipinski definition) is 2. The zero-order chi connectivity index (χ0) is 14.0. The van der Waals surface area contributed by atoms with Crippen molar-refractivity contribution in [3.05, 3.63) is 35.4 Å². The van der Waals surface area contributed by atoms with Crippen molar-refractivity contribution in [2.75, 3.05) is 6.54 Å². The summed E-state index contributed by atoms with van der Waals surface area (Å²) in [5, 5.41) is 6.89. The maximum atomic E-state index is 11.7. The second-order valence-corrected chi connectivity index (χ2v) is 3.49. The van der Waals surface area contributed by atoms with E-state index < -0.39 is 0 Å². The van der Waals surface area contributed by atoms with E-state index in [1.807, 2.05) is 43.0 Å². The molecule has 0 radical (unpaired) electrons. The first-order valence-electron chi connectivity index (χ1n) is 6.19. The fraction of sp³-hybridized carbons (Fsp3) is 0.429. The van der Waals surface area contributed by atoms with Crippen molar-refractivity contribution < 1.29 is 14.7 Å². The Hall–Kier alpha value is -1.84. The van der Waals surface area contributed by atoms with Gasteiger partial charge in [-0.25, -0.2) is 0 Å². The lowest BCUT2D eigenvalue weighted by molar-refractivity contribution is -0.122. The highest BCUT2D eigenvalue weighted by Gasteiger charge is 2.25. The van der Waals surface area contributed by atoms with Crippen molar-refractivity contribution in [2.45, 2.75) is 33.7 Å². The van der Waals surface area contributed by atoms with Crippen LogP contribution in [0.4, 0.5) is 0 Å². The molecule has 0 aliphatic carbocycles. The third-order valence-corrected chi connectivity index (χ3v) is 2.39. The lowest BCUT2D eigenvalue weighted by atomic mass is 10.1. The molecule has 1 aliphatic heterocycles. The Morgan fingerprint density at radius 1 is 1.33 bits per heavy atom. The van der Waals surface area contributed by atoms with Crippen LogP contribution >= 0.6 is 0 Å². The average molecular weight is 251 g/mol. The van der Waals surface area contributed by atoms with E-state index in [4.69, 9.17) is 9.90 Å². The van der Waals surface area contributed by atoms with Gasteiger partial charge in [-0.2, -0.15) is 0 Å². The zero-order valence-corrected chi connectivity index (χ0v) is 11.2. The first kappa shape index (κ1) is 16.2. The standard InChI is InChI=1S/C11H13NO.C2H6.CH2O2/c1-2-7-12-8-9-5-3-4-6-10(9)11(12)13;1-2;2-1-3/h3-6H,2,7-8H2,1H3;1-2H3;1H,(H,2,3). The summed E-state index contributed by atoms with van der Waals surface area (Å²) in [5.74, 6) is 0.192. The Bertz CT molecular complexity index is 377. The van der Waals surface area contributed by atoms with Gasteiger partial charge in [0.2, 0.25) is 0 Å². The normalized spacial score (nSPS) is 11.7. The molecule has 18 heavy (non-hydrogen) atoms. The molecule has 0 atom stereocenters. The van der Waals surface area contributed by atoms with Crippen molar-refractivity contribution in [3.8, 4) is 0 Å². The summed E-state index contributed by atoms with van der Waals surface area (Å²) in [7, 11) is 0. The molecular weight excluding hydrogens is 230 g/mol. The summed E-state index contributed by atoms with van der Waals surface area (Å²) in [4.78, 5) is 22.0. The van der Waals surface area contributed by atoms with Crippen molar-refractivity contribution in [1.29, 1.82) is 0 Å². The largest absolute Gasteiger partial charge is 0.483 e. The molecule has 1 aromatic carbocycles. The number of rotatable bonds is 2. The van der Waals surface area contributed by atoms with Gasteiger partial charge < -0.3 is 10.0 Å². The van der Waals surface area contributed by atoms with Crippen LogP contribution in [0.3, 0.4) is 0 Å². The Morgan fingerprint density at radius 3 is 2.39 bits per heavy atom. The smallest absolute Gasteiger partial charge is 0.290 e. The molecule has 0 fully saturated rings. The van der Waals surface area contributed by atoms with Crippen LogP contribution in [0.5, 0.6) is 0 Å². The van der Waals surface area contributed by atoms with Gasteiger partial charge in [-0.15, -0.1) is 0 Å². The van der Waals surface area contributed by atoms with Crippen LogP contribution in [0.15, 0.2) is 24.3 Å². The van der Waals surface area contributed by atoms with Crippen LogP contribution in [-0.2, 0) is 11.3 Å². The number of nitrogens with zero attached hydrogens (tertiary/aromatic N) is 1. The number of carboxylic acid groups (broad SMARTS) is 1. The van der Waals surface area contributed by atoms with E-state index in [2.05, 4.69) is 6.92 Å². The average Bonchev–Trinajstić information content (AvgIpc) is 2.71. The molecule has 1 aromatic rings. The lowest BCUT2D eigenvalue weighted by Crippen LogP contribution is -2.24. The van der Waals surface area contributed by atoms with Crippen molar-refractivity contribution in [3.63, 3.8) is 0 Å². The van der Waals surface area contributed by atoms with E-state index in [1.165, 1.54) is 5.56 Å². The minimum absolute atomic E-state index is 0.192. The number of hydrogen-bond donors (Lipinski definition) is 1. The number of benzene rings is 1. The highest BCUT2D eigenvalue weighted by atomic mass is 16.3. The van der Waals surface area contributed by atoms with Crippen molar-refractivity contribution in [1.82, 2.24) is 4.90 Å². The van der Waals surface area contributed by atoms with E-state index in [9.17, 15) is 4.79 Å². The highest BCUT2D eigenvalue weighted by molar-refractivity contribution is 5.98. The van der Waals surface area contributed by atoms with E-state index >= 15 is 0 Å². The third-order valence-electron chi connectivity index (χ3n) is 2.39. The van der Waals surface area contributed by atoms with Crippen LogP contribution in [0.25, 0.3) is 0 Å². The summed E-state index contributed by atoms with van der Waals surface area (Å²) in [5.41, 5.74) is 2.05. The highest BCUT2D eigenvalue weighted by Crippen LogP contribution is 2.21. The molecule has 100 valence electrons. The maximum absolute atomic E-state index is 11.7. The Labute approximate surface area is 108 Å². The molecule has 0 bridgehead atoms. The van der Waals surface area contributed by atoms with Crippen LogP contribution in [0.1, 0.15) is 43.1 Å². The topological polar surface area (TPSA) is 57.6 Å². The molecule has 2 rings (SSSR count). The first-order valence-corrected chi connectivity index (χ1v) is 6.19. The number of fused-ring (bicyclic) bond motifs is 1. The molecule has 1 amide bonds. The molecule has 1 aliphatic rings. The fourth-order valence-corrected chi connectivity index (χ4v) is 1.77. The number of carbonyl (C=O) groups is 2. The van der Waals surface area contributed by atoms with Gasteiger partial charge in [0.15, 0.2) is 0 Å². The molecule has 0 unspecified atom stereocenters. The number of amides is 1. The SMILES string of the molecule is CC.CCCN1Cc2ccccc2C1=O.O=CO. The molecule has 4 nitrogen and oxygen atoms in total. The lowest BCUT2D eigenvalue weighted by Gasteiger charge is -2.13. The van der Waals surface area contributed by atoms with Gasteiger partial charge in [-0.3, -0.25) is 9.59 Å². The maximum Gasteiger partial charge on any atom is 0.290 e. The van der Waals surface area contributed by atoms with Gasteiger partial charge in [-0.1, -0.05) is 39.0 Å². The van der Waals surface area contributed by atoms with E-state index in [1.54, 1.807) is 0 Å². The Balaban J connectivity index is 0.000000509. The van der Waals surface area contributed by atoms with E-state index in [-0.39, 0.29) is 12.4 Å². The van der Waals surface area contributed by atoms with Crippen molar-refractivity contribution in [2.24, 2.45) is 0 Å². The Kier molecular flexibility index (Phi) is 8.27. The zero-order valence-electron chi connectivity index (χ0n) is 11.2. The molecular formula is C14H21NO3. The summed E-state index contributed by atoms with van der Waals surface area (Å²) in [6.45, 7) is 7.51. The van der Waals surface area contributed by atoms with Crippen LogP contribution in [-0.4, -0.2) is 28.9 Å². The van der Waals surface area contributed by atoms with Gasteiger partial charge in [0.1, 0.15) is 0 Å². The predicted molar refractivity (Wildman–Crippen MR) is 71.5 cm³/mol. The molecule has 0 aromatic heterocycles. The predicted octanol–water partition coefficient (Wildman–Crippen LogP) is 2.78. The summed E-state index contributed by atoms with van der Waals surface area (Å²) in [6.07, 6.45) is 1.03. The minimum atomic E-state index is -0.250. The van der Waals surface area contributed by atoms with Gasteiger partial charge in [0, 0.05) is 18.7 Å². The summed E-state index contributed by atoms with van der Waals surface area (Å²) >= 11 is 0. The summed E-state index contributed by atoms with van der Waals surface area (Å²) < 4.78 is 0.